The van der Waals surface area contributed by atoms with Gasteiger partial charge in [0.15, 0.2) is 11.5 Å². The van der Waals surface area contributed by atoms with E-state index in [-0.39, 0.29) is 11.9 Å². The number of thiophene rings is 1. The maximum absolute atomic E-state index is 12.4. The van der Waals surface area contributed by atoms with Crippen LogP contribution in [-0.4, -0.2) is 41.6 Å². The molecule has 0 aromatic carbocycles. The lowest BCUT2D eigenvalue weighted by atomic mass is 10.2. The number of nitrogens with one attached hydrogen (secondary N) is 1. The van der Waals surface area contributed by atoms with Crippen LogP contribution >= 0.6 is 22.9 Å². The number of rotatable bonds is 2. The van der Waals surface area contributed by atoms with Gasteiger partial charge < -0.3 is 14.7 Å². The number of carbonyl (C=O) groups is 1. The maximum atomic E-state index is 12.4. The first-order chi connectivity index (χ1) is 9.65. The summed E-state index contributed by atoms with van der Waals surface area (Å²) in [5, 5.41) is 7.14. The van der Waals surface area contributed by atoms with Crippen LogP contribution in [-0.2, 0) is 0 Å². The molecule has 1 N–H and O–H groups in total. The molecule has 0 bridgehead atoms. The van der Waals surface area contributed by atoms with Crippen LogP contribution < -0.4 is 5.32 Å². The average molecular weight is 312 g/mol. The highest BCUT2D eigenvalue weighted by molar-refractivity contribution is 7.19. The van der Waals surface area contributed by atoms with E-state index < -0.39 is 0 Å². The summed E-state index contributed by atoms with van der Waals surface area (Å²) in [5.74, 6) is 0.490. The fourth-order valence-electron chi connectivity index (χ4n) is 2.23. The van der Waals surface area contributed by atoms with Gasteiger partial charge in [-0.15, -0.1) is 11.3 Å². The van der Waals surface area contributed by atoms with Gasteiger partial charge in [0.05, 0.1) is 9.21 Å². The molecule has 0 spiro atoms. The van der Waals surface area contributed by atoms with Crippen LogP contribution in [0, 0.1) is 0 Å². The summed E-state index contributed by atoms with van der Waals surface area (Å²) in [4.78, 5) is 15.1. The van der Waals surface area contributed by atoms with Crippen LogP contribution in [0.25, 0.3) is 10.6 Å². The minimum absolute atomic E-state index is 0.0864. The molecular weight excluding hydrogens is 298 g/mol. The van der Waals surface area contributed by atoms with E-state index in [0.29, 0.717) is 22.3 Å². The topological polar surface area (TPSA) is 58.4 Å². The van der Waals surface area contributed by atoms with Crippen LogP contribution in [0.15, 0.2) is 22.7 Å². The molecule has 3 rings (SSSR count). The van der Waals surface area contributed by atoms with Gasteiger partial charge in [-0.25, -0.2) is 0 Å². The molecule has 2 aromatic rings. The van der Waals surface area contributed by atoms with Gasteiger partial charge in [0, 0.05) is 31.7 Å². The molecule has 1 saturated heterocycles. The Morgan fingerprint density at radius 1 is 1.60 bits per heavy atom. The van der Waals surface area contributed by atoms with Crippen molar-refractivity contribution in [3.63, 3.8) is 0 Å². The van der Waals surface area contributed by atoms with Gasteiger partial charge in [-0.1, -0.05) is 16.8 Å². The van der Waals surface area contributed by atoms with E-state index in [1.54, 1.807) is 12.1 Å². The van der Waals surface area contributed by atoms with E-state index in [1.165, 1.54) is 11.3 Å². The fraction of sp³-hybridized carbons (Fsp3) is 0.385. The van der Waals surface area contributed by atoms with Crippen molar-refractivity contribution in [3.8, 4) is 10.6 Å². The monoisotopic (exact) mass is 311 g/mol. The molecule has 1 amide bonds. The molecule has 0 aliphatic carbocycles. The van der Waals surface area contributed by atoms with Crippen molar-refractivity contribution in [1.29, 1.82) is 0 Å². The van der Waals surface area contributed by atoms with Crippen LogP contribution in [0.2, 0.25) is 4.34 Å². The minimum atomic E-state index is -0.0864. The summed E-state index contributed by atoms with van der Waals surface area (Å²) < 4.78 is 5.93. The number of piperazine rings is 1. The molecule has 0 saturated carbocycles. The molecule has 1 atom stereocenters. The average Bonchev–Trinajstić information content (AvgIpc) is 3.07. The van der Waals surface area contributed by atoms with Crippen molar-refractivity contribution >= 4 is 28.8 Å². The van der Waals surface area contributed by atoms with Gasteiger partial charge in [-0.3, -0.25) is 4.79 Å². The lowest BCUT2D eigenvalue weighted by molar-refractivity contribution is 0.0645. The number of halogens is 1. The second-order valence-electron chi connectivity index (χ2n) is 4.73. The summed E-state index contributed by atoms with van der Waals surface area (Å²) in [6.45, 7) is 4.31. The summed E-state index contributed by atoms with van der Waals surface area (Å²) in [7, 11) is 0. The smallest absolute Gasteiger partial charge is 0.276 e. The largest absolute Gasteiger partial charge is 0.355 e. The number of hydrogen-bond acceptors (Lipinski definition) is 5. The number of carbonyl (C=O) groups excluding carboxylic acids is 1. The Bertz CT molecular complexity index is 625. The molecular formula is C13H14ClN3O2S. The summed E-state index contributed by atoms with van der Waals surface area (Å²) in [6, 6.07) is 5.49. The maximum Gasteiger partial charge on any atom is 0.276 e. The number of hydrogen-bond donors (Lipinski definition) is 1. The van der Waals surface area contributed by atoms with Crippen LogP contribution in [0.4, 0.5) is 0 Å². The van der Waals surface area contributed by atoms with E-state index in [1.807, 2.05) is 17.9 Å². The molecule has 1 unspecified atom stereocenters. The SMILES string of the molecule is CC1CNCCN1C(=O)c1cc(-c2ccc(Cl)s2)on1. The molecule has 3 heterocycles. The van der Waals surface area contributed by atoms with Gasteiger partial charge in [-0.2, -0.15) is 0 Å². The summed E-state index contributed by atoms with van der Waals surface area (Å²) in [5.41, 5.74) is 0.346. The Morgan fingerprint density at radius 2 is 2.45 bits per heavy atom. The summed E-state index contributed by atoms with van der Waals surface area (Å²) >= 11 is 7.29. The van der Waals surface area contributed by atoms with Crippen molar-refractivity contribution in [2.75, 3.05) is 19.6 Å². The van der Waals surface area contributed by atoms with Crippen LogP contribution in [0.5, 0.6) is 0 Å². The highest BCUT2D eigenvalue weighted by Crippen LogP contribution is 2.31. The van der Waals surface area contributed by atoms with Crippen molar-refractivity contribution in [3.05, 3.63) is 28.2 Å². The molecule has 1 fully saturated rings. The first kappa shape index (κ1) is 13.6. The Kier molecular flexibility index (Phi) is 3.78. The van der Waals surface area contributed by atoms with E-state index in [0.717, 1.165) is 18.0 Å². The minimum Gasteiger partial charge on any atom is -0.355 e. The molecule has 7 heteroatoms. The number of amides is 1. The third kappa shape index (κ3) is 2.59. The van der Waals surface area contributed by atoms with E-state index in [2.05, 4.69) is 10.5 Å². The van der Waals surface area contributed by atoms with Gasteiger partial charge >= 0.3 is 0 Å². The molecule has 106 valence electrons. The summed E-state index contributed by atoms with van der Waals surface area (Å²) in [6.07, 6.45) is 0. The number of nitrogens with zero attached hydrogens (tertiary/aromatic N) is 2. The molecule has 1 aliphatic rings. The van der Waals surface area contributed by atoms with E-state index in [4.69, 9.17) is 16.1 Å². The molecule has 5 nitrogen and oxygen atoms in total. The molecule has 1 aliphatic heterocycles. The van der Waals surface area contributed by atoms with Gasteiger partial charge in [0.1, 0.15) is 0 Å². The lowest BCUT2D eigenvalue weighted by Crippen LogP contribution is -2.52. The third-order valence-corrected chi connectivity index (χ3v) is 4.55. The van der Waals surface area contributed by atoms with Crippen LogP contribution in [0.1, 0.15) is 17.4 Å². The standard InChI is InChI=1S/C13H14ClN3O2S/c1-8-7-15-4-5-17(8)13(18)9-6-10(19-16-9)11-2-3-12(14)20-11/h2-3,6,8,15H,4-5,7H2,1H3. The van der Waals surface area contributed by atoms with E-state index >= 15 is 0 Å². The van der Waals surface area contributed by atoms with Crippen LogP contribution in [0.3, 0.4) is 0 Å². The van der Waals surface area contributed by atoms with Crippen molar-refractivity contribution in [1.82, 2.24) is 15.4 Å². The van der Waals surface area contributed by atoms with E-state index in [9.17, 15) is 4.79 Å². The molecule has 2 aromatic heterocycles. The Balaban J connectivity index is 1.81. The lowest BCUT2D eigenvalue weighted by Gasteiger charge is -2.33. The normalized spacial score (nSPS) is 19.3. The number of aromatic nitrogens is 1. The third-order valence-electron chi connectivity index (χ3n) is 3.31. The van der Waals surface area contributed by atoms with Crippen molar-refractivity contribution in [2.45, 2.75) is 13.0 Å². The first-order valence-electron chi connectivity index (χ1n) is 6.39. The Hall–Kier alpha value is -1.37. The second kappa shape index (κ2) is 5.55. The highest BCUT2D eigenvalue weighted by atomic mass is 35.5. The fourth-order valence-corrected chi connectivity index (χ4v) is 3.22. The first-order valence-corrected chi connectivity index (χ1v) is 7.58. The zero-order valence-electron chi connectivity index (χ0n) is 10.9. The predicted octanol–water partition coefficient (Wildman–Crippen LogP) is 2.49. The van der Waals surface area contributed by atoms with Gasteiger partial charge in [0.2, 0.25) is 0 Å². The Labute approximate surface area is 125 Å². The predicted molar refractivity (Wildman–Crippen MR) is 78.2 cm³/mol. The van der Waals surface area contributed by atoms with Crippen molar-refractivity contribution in [2.24, 2.45) is 0 Å². The van der Waals surface area contributed by atoms with Crippen molar-refractivity contribution < 1.29 is 9.32 Å². The van der Waals surface area contributed by atoms with Gasteiger partial charge in [-0.05, 0) is 19.1 Å². The zero-order chi connectivity index (χ0) is 14.1. The zero-order valence-corrected chi connectivity index (χ0v) is 12.5. The molecule has 20 heavy (non-hydrogen) atoms. The Morgan fingerprint density at radius 3 is 3.15 bits per heavy atom. The van der Waals surface area contributed by atoms with Gasteiger partial charge in [0.25, 0.3) is 5.91 Å². The highest BCUT2D eigenvalue weighted by Gasteiger charge is 2.26. The second-order valence-corrected chi connectivity index (χ2v) is 6.45. The molecule has 0 radical (unpaired) electrons. The quantitative estimate of drug-likeness (QED) is 0.925.